The molecule has 0 unspecified atom stereocenters. The highest BCUT2D eigenvalue weighted by molar-refractivity contribution is 6.35. The van der Waals surface area contributed by atoms with Crippen molar-refractivity contribution in [2.75, 3.05) is 23.1 Å². The summed E-state index contributed by atoms with van der Waals surface area (Å²) in [7, 11) is 0. The second kappa shape index (κ2) is 9.71. The van der Waals surface area contributed by atoms with Crippen molar-refractivity contribution in [3.63, 3.8) is 0 Å². The fraction of sp³-hybridized carbons (Fsp3) is 0.105. The van der Waals surface area contributed by atoms with Gasteiger partial charge in [-0.15, -0.1) is 0 Å². The van der Waals surface area contributed by atoms with Gasteiger partial charge in [-0.2, -0.15) is 0 Å². The molecule has 11 heteroatoms. The number of nitrogens with one attached hydrogen (secondary N) is 3. The summed E-state index contributed by atoms with van der Waals surface area (Å²) in [4.78, 5) is 20.2. The first-order valence-corrected chi connectivity index (χ1v) is 9.73. The number of nitrogens with two attached hydrogens (primary N) is 1. The maximum absolute atomic E-state index is 12.1. The number of hydrogen-bond donors (Lipinski definition) is 4. The van der Waals surface area contributed by atoms with E-state index in [4.69, 9.17) is 45.3 Å². The summed E-state index contributed by atoms with van der Waals surface area (Å²) < 4.78 is 5.37. The van der Waals surface area contributed by atoms with E-state index in [-0.39, 0.29) is 18.1 Å². The molecule has 1 amide bonds. The van der Waals surface area contributed by atoms with Crippen LogP contribution in [0.1, 0.15) is 5.56 Å². The van der Waals surface area contributed by atoms with Crippen LogP contribution in [0.2, 0.25) is 15.1 Å². The Morgan fingerprint density at radius 1 is 1.07 bits per heavy atom. The van der Waals surface area contributed by atoms with E-state index in [2.05, 4.69) is 26.1 Å². The van der Waals surface area contributed by atoms with Crippen molar-refractivity contribution in [1.82, 2.24) is 15.4 Å². The zero-order valence-electron chi connectivity index (χ0n) is 15.7. The van der Waals surface area contributed by atoms with Crippen LogP contribution in [-0.2, 0) is 4.79 Å². The maximum atomic E-state index is 12.1. The third-order valence-electron chi connectivity index (χ3n) is 3.90. The number of hydrazine groups is 1. The molecule has 0 saturated heterocycles. The van der Waals surface area contributed by atoms with Gasteiger partial charge in [0.05, 0.1) is 5.02 Å². The Kier molecular flexibility index (Phi) is 7.04. The molecule has 1 heterocycles. The third kappa shape index (κ3) is 5.56. The van der Waals surface area contributed by atoms with Crippen LogP contribution in [0.4, 0.5) is 23.0 Å². The average Bonchev–Trinajstić information content (AvgIpc) is 2.70. The van der Waals surface area contributed by atoms with Crippen molar-refractivity contribution < 1.29 is 9.53 Å². The zero-order valence-corrected chi connectivity index (χ0v) is 17.9. The van der Waals surface area contributed by atoms with Crippen LogP contribution in [0.3, 0.4) is 0 Å². The van der Waals surface area contributed by atoms with E-state index < -0.39 is 5.91 Å². The SMILES string of the molecule is Cc1cc(Cl)ccc1Nc1ncnc(NNC(=O)COc2ccc(Cl)cc2Cl)c1N. The largest absolute Gasteiger partial charge is 0.482 e. The molecule has 30 heavy (non-hydrogen) atoms. The number of anilines is 4. The van der Waals surface area contributed by atoms with Gasteiger partial charge in [0.1, 0.15) is 17.8 Å². The van der Waals surface area contributed by atoms with Crippen LogP contribution in [0.15, 0.2) is 42.7 Å². The Hall–Kier alpha value is -2.94. The molecule has 0 fully saturated rings. The number of amides is 1. The van der Waals surface area contributed by atoms with Gasteiger partial charge in [-0.1, -0.05) is 34.8 Å². The molecular weight excluding hydrogens is 451 g/mol. The van der Waals surface area contributed by atoms with E-state index in [0.717, 1.165) is 11.3 Å². The second-order valence-corrected chi connectivity index (χ2v) is 7.39. The molecule has 0 radical (unpaired) electrons. The van der Waals surface area contributed by atoms with Gasteiger partial charge in [0.15, 0.2) is 18.2 Å². The lowest BCUT2D eigenvalue weighted by atomic mass is 10.2. The molecule has 5 N–H and O–H groups in total. The predicted octanol–water partition coefficient (Wildman–Crippen LogP) is 4.59. The highest BCUT2D eigenvalue weighted by Gasteiger charge is 2.11. The monoisotopic (exact) mass is 466 g/mol. The number of nitrogen functional groups attached to an aromatic ring is 1. The average molecular weight is 468 g/mol. The van der Waals surface area contributed by atoms with E-state index in [1.165, 1.54) is 12.4 Å². The molecule has 0 aliphatic rings. The molecular formula is C19H17Cl3N6O2. The van der Waals surface area contributed by atoms with Crippen molar-refractivity contribution in [1.29, 1.82) is 0 Å². The number of ether oxygens (including phenoxy) is 1. The summed E-state index contributed by atoms with van der Waals surface area (Å²) in [6.45, 7) is 1.62. The predicted molar refractivity (Wildman–Crippen MR) is 120 cm³/mol. The lowest BCUT2D eigenvalue weighted by Crippen LogP contribution is -2.34. The first kappa shape index (κ1) is 21.8. The fourth-order valence-corrected chi connectivity index (χ4v) is 3.08. The topological polar surface area (TPSA) is 114 Å². The Morgan fingerprint density at radius 3 is 2.50 bits per heavy atom. The first-order chi connectivity index (χ1) is 14.3. The maximum Gasteiger partial charge on any atom is 0.276 e. The third-order valence-corrected chi connectivity index (χ3v) is 4.66. The first-order valence-electron chi connectivity index (χ1n) is 8.60. The molecule has 0 spiro atoms. The smallest absolute Gasteiger partial charge is 0.276 e. The van der Waals surface area contributed by atoms with Crippen LogP contribution in [0.5, 0.6) is 5.75 Å². The number of halogens is 3. The number of carbonyl (C=O) groups excluding carboxylic acids is 1. The van der Waals surface area contributed by atoms with Crippen LogP contribution in [0, 0.1) is 6.92 Å². The van der Waals surface area contributed by atoms with Crippen molar-refractivity contribution in [2.24, 2.45) is 0 Å². The zero-order chi connectivity index (χ0) is 21.7. The molecule has 8 nitrogen and oxygen atoms in total. The summed E-state index contributed by atoms with van der Waals surface area (Å²) in [5, 5.41) is 4.51. The minimum absolute atomic E-state index is 0.216. The van der Waals surface area contributed by atoms with Crippen LogP contribution in [-0.4, -0.2) is 22.5 Å². The lowest BCUT2D eigenvalue weighted by molar-refractivity contribution is -0.122. The standard InChI is InChI=1S/C19H17Cl3N6O2/c1-10-6-11(20)2-4-14(10)26-18-17(23)19(25-9-24-18)28-27-16(29)8-30-15-5-3-12(21)7-13(15)22/h2-7,9H,8,23H2,1H3,(H,27,29)(H2,24,25,26,28). The Morgan fingerprint density at radius 2 is 1.77 bits per heavy atom. The molecule has 1 aromatic heterocycles. The Balaban J connectivity index is 1.60. The number of hydrogen-bond acceptors (Lipinski definition) is 7. The number of carbonyl (C=O) groups is 1. The van der Waals surface area contributed by atoms with Crippen molar-refractivity contribution in [3.05, 3.63) is 63.4 Å². The number of nitrogens with zero attached hydrogens (tertiary/aromatic N) is 2. The normalized spacial score (nSPS) is 10.4. The van der Waals surface area contributed by atoms with Crippen LogP contribution >= 0.6 is 34.8 Å². The Labute approximate surface area is 187 Å². The van der Waals surface area contributed by atoms with Crippen LogP contribution in [0.25, 0.3) is 0 Å². The molecule has 0 aliphatic carbocycles. The quantitative estimate of drug-likeness (QED) is 0.376. The second-order valence-electron chi connectivity index (χ2n) is 6.11. The van der Waals surface area contributed by atoms with Crippen LogP contribution < -0.4 is 26.6 Å². The van der Waals surface area contributed by atoms with Crippen molar-refractivity contribution in [3.8, 4) is 5.75 Å². The number of benzene rings is 2. The molecule has 156 valence electrons. The molecule has 0 atom stereocenters. The van der Waals surface area contributed by atoms with Gasteiger partial charge in [-0.3, -0.25) is 15.6 Å². The van der Waals surface area contributed by atoms with E-state index in [1.807, 2.05) is 19.1 Å². The minimum atomic E-state index is -0.470. The van der Waals surface area contributed by atoms with Gasteiger partial charge in [0, 0.05) is 15.7 Å². The molecule has 3 aromatic rings. The number of rotatable bonds is 7. The molecule has 2 aromatic carbocycles. The molecule has 0 saturated carbocycles. The number of aryl methyl sites for hydroxylation is 1. The Bertz CT molecular complexity index is 1080. The number of aromatic nitrogens is 2. The summed E-state index contributed by atoms with van der Waals surface area (Å²) in [5.74, 6) is 0.457. The summed E-state index contributed by atoms with van der Waals surface area (Å²) in [6, 6.07) is 10.1. The highest BCUT2D eigenvalue weighted by Crippen LogP contribution is 2.29. The van der Waals surface area contributed by atoms with E-state index in [9.17, 15) is 4.79 Å². The highest BCUT2D eigenvalue weighted by atomic mass is 35.5. The van der Waals surface area contributed by atoms with Crippen molar-refractivity contribution >= 4 is 63.7 Å². The summed E-state index contributed by atoms with van der Waals surface area (Å²) in [5.41, 5.74) is 13.1. The van der Waals surface area contributed by atoms with Gasteiger partial charge < -0.3 is 15.8 Å². The fourth-order valence-electron chi connectivity index (χ4n) is 2.39. The molecule has 0 aliphatic heterocycles. The van der Waals surface area contributed by atoms with Gasteiger partial charge in [0.2, 0.25) is 0 Å². The molecule has 0 bridgehead atoms. The van der Waals surface area contributed by atoms with E-state index >= 15 is 0 Å². The summed E-state index contributed by atoms with van der Waals surface area (Å²) >= 11 is 17.8. The molecule has 3 rings (SSSR count). The van der Waals surface area contributed by atoms with Gasteiger partial charge in [-0.05, 0) is 48.9 Å². The lowest BCUT2D eigenvalue weighted by Gasteiger charge is -2.14. The van der Waals surface area contributed by atoms with E-state index in [0.29, 0.717) is 26.6 Å². The van der Waals surface area contributed by atoms with Crippen molar-refractivity contribution in [2.45, 2.75) is 6.92 Å². The van der Waals surface area contributed by atoms with Gasteiger partial charge in [-0.25, -0.2) is 9.97 Å². The van der Waals surface area contributed by atoms with Gasteiger partial charge >= 0.3 is 0 Å². The van der Waals surface area contributed by atoms with E-state index in [1.54, 1.807) is 18.2 Å². The van der Waals surface area contributed by atoms with Gasteiger partial charge in [0.25, 0.3) is 5.91 Å². The minimum Gasteiger partial charge on any atom is -0.482 e. The summed E-state index contributed by atoms with van der Waals surface area (Å²) in [6.07, 6.45) is 1.31.